The molecule has 0 aliphatic carbocycles. The quantitative estimate of drug-likeness (QED) is 0.664. The fourth-order valence-electron chi connectivity index (χ4n) is 1.14. The summed E-state index contributed by atoms with van der Waals surface area (Å²) in [6.45, 7) is 3.71. The van der Waals surface area contributed by atoms with Crippen LogP contribution in [0.2, 0.25) is 0 Å². The fraction of sp³-hybridized carbons (Fsp3) is 0.500. The average Bonchev–Trinajstić information content (AvgIpc) is 2.64. The van der Waals surface area contributed by atoms with Crippen LogP contribution in [0, 0.1) is 6.92 Å². The van der Waals surface area contributed by atoms with Crippen LogP contribution in [0.1, 0.15) is 16.1 Å². The monoisotopic (exact) mass is 212 g/mol. The van der Waals surface area contributed by atoms with Crippen molar-refractivity contribution in [2.24, 2.45) is 5.73 Å². The molecule has 3 N–H and O–H groups in total. The van der Waals surface area contributed by atoms with Crippen LogP contribution in [0.3, 0.4) is 0 Å². The topological polar surface area (TPSA) is 77.5 Å². The lowest BCUT2D eigenvalue weighted by atomic mass is 10.2. The molecule has 1 aromatic heterocycles. The number of ether oxygens (including phenoxy) is 1. The molecule has 5 nitrogen and oxygen atoms in total. The molecule has 15 heavy (non-hydrogen) atoms. The molecular formula is C10H16N2O3. The lowest BCUT2D eigenvalue weighted by molar-refractivity contribution is 0.0918. The molecule has 5 heteroatoms. The van der Waals surface area contributed by atoms with Gasteiger partial charge in [-0.1, -0.05) is 0 Å². The molecule has 0 saturated carbocycles. The first-order valence-corrected chi connectivity index (χ1v) is 4.86. The van der Waals surface area contributed by atoms with Crippen LogP contribution >= 0.6 is 0 Å². The van der Waals surface area contributed by atoms with E-state index in [2.05, 4.69) is 5.32 Å². The summed E-state index contributed by atoms with van der Waals surface area (Å²) in [6.07, 6.45) is 1.50. The van der Waals surface area contributed by atoms with Gasteiger partial charge in [0.05, 0.1) is 25.0 Å². The van der Waals surface area contributed by atoms with E-state index in [1.54, 1.807) is 13.0 Å². The third-order valence-electron chi connectivity index (χ3n) is 1.90. The van der Waals surface area contributed by atoms with Crippen molar-refractivity contribution in [3.05, 3.63) is 23.7 Å². The highest BCUT2D eigenvalue weighted by atomic mass is 16.5. The summed E-state index contributed by atoms with van der Waals surface area (Å²) in [6, 6.07) is 1.64. The van der Waals surface area contributed by atoms with Crippen molar-refractivity contribution in [2.45, 2.75) is 6.92 Å². The Morgan fingerprint density at radius 1 is 1.60 bits per heavy atom. The van der Waals surface area contributed by atoms with Crippen molar-refractivity contribution in [3.63, 3.8) is 0 Å². The minimum absolute atomic E-state index is 0.141. The normalized spacial score (nSPS) is 10.3. The first-order valence-electron chi connectivity index (χ1n) is 4.86. The molecule has 0 bridgehead atoms. The van der Waals surface area contributed by atoms with Gasteiger partial charge in [0.1, 0.15) is 5.76 Å². The maximum atomic E-state index is 11.5. The number of hydrogen-bond donors (Lipinski definition) is 2. The van der Waals surface area contributed by atoms with Crippen molar-refractivity contribution in [2.75, 3.05) is 26.3 Å². The smallest absolute Gasteiger partial charge is 0.254 e. The Hall–Kier alpha value is -1.33. The maximum Gasteiger partial charge on any atom is 0.254 e. The van der Waals surface area contributed by atoms with E-state index in [0.717, 1.165) is 0 Å². The minimum atomic E-state index is -0.141. The van der Waals surface area contributed by atoms with Crippen LogP contribution in [0.25, 0.3) is 0 Å². The highest BCUT2D eigenvalue weighted by Crippen LogP contribution is 2.07. The highest BCUT2D eigenvalue weighted by molar-refractivity contribution is 5.94. The van der Waals surface area contributed by atoms with E-state index in [4.69, 9.17) is 14.9 Å². The van der Waals surface area contributed by atoms with Crippen molar-refractivity contribution in [3.8, 4) is 0 Å². The largest absolute Gasteiger partial charge is 0.469 e. The van der Waals surface area contributed by atoms with Crippen LogP contribution in [0.5, 0.6) is 0 Å². The summed E-state index contributed by atoms with van der Waals surface area (Å²) in [5.74, 6) is 0.480. The molecule has 0 aromatic carbocycles. The molecule has 1 rings (SSSR count). The first-order chi connectivity index (χ1) is 7.25. The summed E-state index contributed by atoms with van der Waals surface area (Å²) in [4.78, 5) is 11.5. The molecular weight excluding hydrogens is 196 g/mol. The van der Waals surface area contributed by atoms with E-state index in [1.165, 1.54) is 6.26 Å². The number of nitrogens with two attached hydrogens (primary N) is 1. The molecule has 0 spiro atoms. The third kappa shape index (κ3) is 3.73. The Bertz CT molecular complexity index is 309. The van der Waals surface area contributed by atoms with Crippen LogP contribution in [0.15, 0.2) is 16.7 Å². The number of carbonyl (C=O) groups excluding carboxylic acids is 1. The fourth-order valence-corrected chi connectivity index (χ4v) is 1.14. The molecule has 0 aliphatic heterocycles. The average molecular weight is 212 g/mol. The van der Waals surface area contributed by atoms with E-state index in [0.29, 0.717) is 37.6 Å². The number of aryl methyl sites for hydroxylation is 1. The highest BCUT2D eigenvalue weighted by Gasteiger charge is 2.09. The maximum absolute atomic E-state index is 11.5. The first kappa shape index (κ1) is 11.7. The van der Waals surface area contributed by atoms with Gasteiger partial charge in [0.15, 0.2) is 0 Å². The lowest BCUT2D eigenvalue weighted by Crippen LogP contribution is -2.28. The van der Waals surface area contributed by atoms with E-state index in [9.17, 15) is 4.79 Å². The Balaban J connectivity index is 2.22. The van der Waals surface area contributed by atoms with Gasteiger partial charge in [-0.2, -0.15) is 0 Å². The van der Waals surface area contributed by atoms with Gasteiger partial charge >= 0.3 is 0 Å². The summed E-state index contributed by atoms with van der Waals surface area (Å²) in [5, 5.41) is 2.72. The number of furan rings is 1. The van der Waals surface area contributed by atoms with Gasteiger partial charge in [-0.25, -0.2) is 0 Å². The molecule has 1 aromatic rings. The Kier molecular flexibility index (Phi) is 4.86. The molecule has 0 fully saturated rings. The molecule has 0 unspecified atom stereocenters. The van der Waals surface area contributed by atoms with Gasteiger partial charge in [0, 0.05) is 13.1 Å². The minimum Gasteiger partial charge on any atom is -0.469 e. The molecule has 0 radical (unpaired) electrons. The summed E-state index contributed by atoms with van der Waals surface area (Å²) in [7, 11) is 0. The van der Waals surface area contributed by atoms with E-state index >= 15 is 0 Å². The predicted octanol–water partition coefficient (Wildman–Crippen LogP) is 0.293. The van der Waals surface area contributed by atoms with E-state index in [1.807, 2.05) is 0 Å². The van der Waals surface area contributed by atoms with Crippen LogP contribution in [-0.2, 0) is 4.74 Å². The van der Waals surface area contributed by atoms with Crippen molar-refractivity contribution < 1.29 is 13.9 Å². The van der Waals surface area contributed by atoms with Gasteiger partial charge in [-0.15, -0.1) is 0 Å². The van der Waals surface area contributed by atoms with Crippen molar-refractivity contribution >= 4 is 5.91 Å². The van der Waals surface area contributed by atoms with Gasteiger partial charge in [-0.3, -0.25) is 4.79 Å². The SMILES string of the molecule is Cc1occc1C(=O)NCCOCCN. The zero-order valence-electron chi connectivity index (χ0n) is 8.79. The van der Waals surface area contributed by atoms with Crippen LogP contribution in [0.4, 0.5) is 0 Å². The summed E-state index contributed by atoms with van der Waals surface area (Å²) >= 11 is 0. The lowest BCUT2D eigenvalue weighted by Gasteiger charge is -2.04. The Labute approximate surface area is 88.6 Å². The number of carbonyl (C=O) groups is 1. The van der Waals surface area contributed by atoms with Crippen LogP contribution in [-0.4, -0.2) is 32.2 Å². The third-order valence-corrected chi connectivity index (χ3v) is 1.90. The van der Waals surface area contributed by atoms with Gasteiger partial charge in [0.25, 0.3) is 5.91 Å². The molecule has 1 heterocycles. The van der Waals surface area contributed by atoms with E-state index in [-0.39, 0.29) is 5.91 Å². The Morgan fingerprint density at radius 3 is 3.00 bits per heavy atom. The summed E-state index contributed by atoms with van der Waals surface area (Å²) < 4.78 is 10.1. The number of amides is 1. The molecule has 0 atom stereocenters. The number of hydrogen-bond acceptors (Lipinski definition) is 4. The zero-order valence-corrected chi connectivity index (χ0v) is 8.79. The second kappa shape index (κ2) is 6.21. The molecule has 1 amide bonds. The van der Waals surface area contributed by atoms with Gasteiger partial charge < -0.3 is 20.2 Å². The Morgan fingerprint density at radius 2 is 2.40 bits per heavy atom. The summed E-state index contributed by atoms with van der Waals surface area (Å²) in [5.41, 5.74) is 5.81. The van der Waals surface area contributed by atoms with Gasteiger partial charge in [0.2, 0.25) is 0 Å². The molecule has 84 valence electrons. The van der Waals surface area contributed by atoms with E-state index < -0.39 is 0 Å². The zero-order chi connectivity index (χ0) is 11.1. The standard InChI is InChI=1S/C10H16N2O3/c1-8-9(2-5-15-8)10(13)12-4-7-14-6-3-11/h2,5H,3-4,6-7,11H2,1H3,(H,12,13). The number of nitrogens with one attached hydrogen (secondary N) is 1. The molecule has 0 saturated heterocycles. The second-order valence-electron chi connectivity index (χ2n) is 3.05. The van der Waals surface area contributed by atoms with Crippen LogP contribution < -0.4 is 11.1 Å². The van der Waals surface area contributed by atoms with Crippen molar-refractivity contribution in [1.82, 2.24) is 5.32 Å². The molecule has 0 aliphatic rings. The van der Waals surface area contributed by atoms with Gasteiger partial charge in [-0.05, 0) is 13.0 Å². The number of rotatable bonds is 6. The second-order valence-corrected chi connectivity index (χ2v) is 3.05. The van der Waals surface area contributed by atoms with Crippen molar-refractivity contribution in [1.29, 1.82) is 0 Å². The predicted molar refractivity (Wildman–Crippen MR) is 55.7 cm³/mol.